The van der Waals surface area contributed by atoms with E-state index >= 15 is 0 Å². The zero-order chi connectivity index (χ0) is 14.4. The summed E-state index contributed by atoms with van der Waals surface area (Å²) in [6, 6.07) is 2.68. The van der Waals surface area contributed by atoms with Gasteiger partial charge < -0.3 is 5.32 Å². The Morgan fingerprint density at radius 1 is 1.30 bits per heavy atom. The van der Waals surface area contributed by atoms with Crippen molar-refractivity contribution in [2.75, 3.05) is 13.1 Å². The van der Waals surface area contributed by atoms with Crippen molar-refractivity contribution in [1.82, 2.24) is 15.1 Å². The maximum absolute atomic E-state index is 4.77. The minimum atomic E-state index is 0.448. The predicted octanol–water partition coefficient (Wildman–Crippen LogP) is 3.96. The number of rotatable bonds is 7. The molecule has 1 fully saturated rings. The largest absolute Gasteiger partial charge is 0.316 e. The average molecular weight is 277 g/mol. The third-order valence-corrected chi connectivity index (χ3v) is 4.59. The lowest BCUT2D eigenvalue weighted by Gasteiger charge is -2.37. The van der Waals surface area contributed by atoms with Crippen LogP contribution in [-0.2, 0) is 6.42 Å². The minimum absolute atomic E-state index is 0.448. The maximum atomic E-state index is 4.77. The third-order valence-electron chi connectivity index (χ3n) is 4.59. The van der Waals surface area contributed by atoms with Crippen LogP contribution in [0, 0.1) is 5.41 Å². The van der Waals surface area contributed by atoms with Gasteiger partial charge in [0.2, 0.25) is 0 Å². The highest BCUT2D eigenvalue weighted by Crippen LogP contribution is 2.38. The lowest BCUT2D eigenvalue weighted by atomic mass is 9.71. The molecule has 0 saturated heterocycles. The Bertz CT molecular complexity index is 389. The monoisotopic (exact) mass is 277 g/mol. The molecule has 1 aromatic heterocycles. The first kappa shape index (κ1) is 15.6. The van der Waals surface area contributed by atoms with E-state index in [9.17, 15) is 0 Å². The average Bonchev–Trinajstić information content (AvgIpc) is 2.88. The molecule has 1 heterocycles. The lowest BCUT2D eigenvalue weighted by Crippen LogP contribution is -2.38. The number of nitrogens with zero attached hydrogens (tertiary/aromatic N) is 2. The zero-order valence-electron chi connectivity index (χ0n) is 13.5. The van der Waals surface area contributed by atoms with Gasteiger partial charge in [0.1, 0.15) is 0 Å². The highest BCUT2D eigenvalue weighted by atomic mass is 15.3. The van der Waals surface area contributed by atoms with Crippen molar-refractivity contribution in [1.29, 1.82) is 0 Å². The molecule has 0 bridgehead atoms. The Morgan fingerprint density at radius 2 is 2.05 bits per heavy atom. The van der Waals surface area contributed by atoms with E-state index in [4.69, 9.17) is 5.10 Å². The normalized spacial score (nSPS) is 18.6. The molecule has 1 aliphatic rings. The van der Waals surface area contributed by atoms with E-state index in [0.717, 1.165) is 19.5 Å². The number of aromatic nitrogens is 2. The molecule has 1 saturated carbocycles. The quantitative estimate of drug-likeness (QED) is 0.765. The molecule has 3 heteroatoms. The predicted molar refractivity (Wildman–Crippen MR) is 85.0 cm³/mol. The van der Waals surface area contributed by atoms with Crippen LogP contribution >= 0.6 is 0 Å². The van der Waals surface area contributed by atoms with Gasteiger partial charge in [0.25, 0.3) is 0 Å². The molecule has 0 amide bonds. The molecular weight excluding hydrogens is 246 g/mol. The second-order valence-corrected chi connectivity index (χ2v) is 6.80. The molecule has 0 aliphatic heterocycles. The van der Waals surface area contributed by atoms with E-state index in [1.54, 1.807) is 0 Å². The molecule has 0 unspecified atom stereocenters. The summed E-state index contributed by atoms with van der Waals surface area (Å²) in [5.74, 6) is 0. The van der Waals surface area contributed by atoms with Crippen LogP contribution in [0.25, 0.3) is 0 Å². The van der Waals surface area contributed by atoms with E-state index < -0.39 is 0 Å². The fourth-order valence-electron chi connectivity index (χ4n) is 3.39. The number of nitrogens with one attached hydrogen (secondary N) is 1. The molecule has 0 aromatic carbocycles. The topological polar surface area (TPSA) is 29.9 Å². The van der Waals surface area contributed by atoms with Gasteiger partial charge in [-0.1, -0.05) is 26.2 Å². The van der Waals surface area contributed by atoms with Crippen LogP contribution in [-0.4, -0.2) is 22.9 Å². The van der Waals surface area contributed by atoms with E-state index in [-0.39, 0.29) is 0 Å². The van der Waals surface area contributed by atoms with Crippen molar-refractivity contribution in [2.24, 2.45) is 5.41 Å². The molecule has 1 N–H and O–H groups in total. The SMILES string of the molecule is CCCNCC1(Cc2ccn(C(C)C)n2)CCCCC1. The van der Waals surface area contributed by atoms with Gasteiger partial charge in [-0.2, -0.15) is 5.10 Å². The second-order valence-electron chi connectivity index (χ2n) is 6.80. The van der Waals surface area contributed by atoms with Crippen LogP contribution in [0.5, 0.6) is 0 Å². The Kier molecular flexibility index (Phi) is 5.64. The number of hydrogen-bond acceptors (Lipinski definition) is 2. The van der Waals surface area contributed by atoms with Gasteiger partial charge in [-0.05, 0) is 57.6 Å². The lowest BCUT2D eigenvalue weighted by molar-refractivity contribution is 0.179. The molecule has 2 rings (SSSR count). The van der Waals surface area contributed by atoms with Gasteiger partial charge in [-0.15, -0.1) is 0 Å². The summed E-state index contributed by atoms with van der Waals surface area (Å²) < 4.78 is 2.09. The summed E-state index contributed by atoms with van der Waals surface area (Å²) >= 11 is 0. The Hall–Kier alpha value is -0.830. The summed E-state index contributed by atoms with van der Waals surface area (Å²) in [6.45, 7) is 8.92. The summed E-state index contributed by atoms with van der Waals surface area (Å²) in [7, 11) is 0. The van der Waals surface area contributed by atoms with E-state index in [1.807, 2.05) is 0 Å². The van der Waals surface area contributed by atoms with Crippen molar-refractivity contribution in [3.63, 3.8) is 0 Å². The highest BCUT2D eigenvalue weighted by molar-refractivity contribution is 5.05. The zero-order valence-corrected chi connectivity index (χ0v) is 13.5. The molecule has 0 radical (unpaired) electrons. The van der Waals surface area contributed by atoms with Gasteiger partial charge in [0.05, 0.1) is 5.69 Å². The van der Waals surface area contributed by atoms with Gasteiger partial charge in [-0.3, -0.25) is 4.68 Å². The first-order valence-corrected chi connectivity index (χ1v) is 8.40. The molecule has 0 spiro atoms. The van der Waals surface area contributed by atoms with Crippen molar-refractivity contribution >= 4 is 0 Å². The summed E-state index contributed by atoms with van der Waals surface area (Å²) in [5, 5.41) is 8.43. The third kappa shape index (κ3) is 4.08. The van der Waals surface area contributed by atoms with Crippen LogP contribution in [0.4, 0.5) is 0 Å². The Balaban J connectivity index is 2.02. The van der Waals surface area contributed by atoms with Crippen LogP contribution in [0.2, 0.25) is 0 Å². The maximum Gasteiger partial charge on any atom is 0.0630 e. The minimum Gasteiger partial charge on any atom is -0.316 e. The highest BCUT2D eigenvalue weighted by Gasteiger charge is 2.32. The van der Waals surface area contributed by atoms with Crippen molar-refractivity contribution < 1.29 is 0 Å². The van der Waals surface area contributed by atoms with E-state index in [1.165, 1.54) is 44.2 Å². The smallest absolute Gasteiger partial charge is 0.0630 e. The molecule has 0 atom stereocenters. The first-order valence-electron chi connectivity index (χ1n) is 8.40. The van der Waals surface area contributed by atoms with Crippen LogP contribution < -0.4 is 5.32 Å². The van der Waals surface area contributed by atoms with E-state index in [2.05, 4.69) is 43.0 Å². The fourth-order valence-corrected chi connectivity index (χ4v) is 3.39. The summed E-state index contributed by atoms with van der Waals surface area (Å²) in [6.07, 6.45) is 11.4. The van der Waals surface area contributed by atoms with E-state index in [0.29, 0.717) is 11.5 Å². The molecule has 1 aromatic rings. The van der Waals surface area contributed by atoms with Gasteiger partial charge in [0, 0.05) is 18.8 Å². The number of hydrogen-bond donors (Lipinski definition) is 1. The summed E-state index contributed by atoms with van der Waals surface area (Å²) in [5.41, 5.74) is 1.72. The second kappa shape index (κ2) is 7.26. The molecular formula is C17H31N3. The Morgan fingerprint density at radius 3 is 2.65 bits per heavy atom. The fraction of sp³-hybridized carbons (Fsp3) is 0.824. The standard InChI is InChI=1S/C17H31N3/c1-4-11-18-14-17(9-6-5-7-10-17)13-16-8-12-20(19-16)15(2)3/h8,12,15,18H,4-7,9-11,13-14H2,1-3H3. The van der Waals surface area contributed by atoms with Crippen molar-refractivity contribution in [2.45, 2.75) is 71.8 Å². The van der Waals surface area contributed by atoms with Crippen LogP contribution in [0.15, 0.2) is 12.3 Å². The molecule has 1 aliphatic carbocycles. The van der Waals surface area contributed by atoms with Crippen molar-refractivity contribution in [3.8, 4) is 0 Å². The Labute approximate surface area is 124 Å². The molecule has 114 valence electrons. The molecule has 20 heavy (non-hydrogen) atoms. The van der Waals surface area contributed by atoms with Gasteiger partial charge in [-0.25, -0.2) is 0 Å². The van der Waals surface area contributed by atoms with Crippen LogP contribution in [0.3, 0.4) is 0 Å². The van der Waals surface area contributed by atoms with Gasteiger partial charge in [0.15, 0.2) is 0 Å². The van der Waals surface area contributed by atoms with Crippen molar-refractivity contribution in [3.05, 3.63) is 18.0 Å². The molecule has 3 nitrogen and oxygen atoms in total. The first-order chi connectivity index (χ1) is 9.65. The van der Waals surface area contributed by atoms with Gasteiger partial charge >= 0.3 is 0 Å². The van der Waals surface area contributed by atoms with Crippen LogP contribution in [0.1, 0.15) is 71.0 Å². The summed E-state index contributed by atoms with van der Waals surface area (Å²) in [4.78, 5) is 0.